The van der Waals surface area contributed by atoms with E-state index >= 15 is 0 Å². The van der Waals surface area contributed by atoms with Gasteiger partial charge in [0, 0.05) is 30.1 Å². The fourth-order valence-electron chi connectivity index (χ4n) is 5.25. The van der Waals surface area contributed by atoms with E-state index in [1.165, 1.54) is 5.56 Å². The average molecular weight is 416 g/mol. The van der Waals surface area contributed by atoms with Gasteiger partial charge in [0.2, 0.25) is 0 Å². The van der Waals surface area contributed by atoms with Crippen LogP contribution in [0.25, 0.3) is 0 Å². The molecule has 4 nitrogen and oxygen atoms in total. The third-order valence-electron chi connectivity index (χ3n) is 6.75. The van der Waals surface area contributed by atoms with Crippen LogP contribution in [0.1, 0.15) is 49.3 Å². The van der Waals surface area contributed by atoms with Crippen LogP contribution in [0.5, 0.6) is 11.5 Å². The minimum absolute atomic E-state index is 0.116. The fourth-order valence-corrected chi connectivity index (χ4v) is 5.44. The molecular formula is C24H30ClNO3. The first kappa shape index (κ1) is 20.5. The van der Waals surface area contributed by atoms with E-state index in [2.05, 4.69) is 23.1 Å². The molecule has 0 aromatic heterocycles. The number of methoxy groups -OCH3 is 2. The van der Waals surface area contributed by atoms with Crippen molar-refractivity contribution in [2.75, 3.05) is 20.8 Å². The monoisotopic (exact) mass is 415 g/mol. The summed E-state index contributed by atoms with van der Waals surface area (Å²) in [4.78, 5) is 2.48. The molecule has 1 heterocycles. The highest BCUT2D eigenvalue weighted by atomic mass is 35.5. The van der Waals surface area contributed by atoms with E-state index in [1.54, 1.807) is 14.2 Å². The van der Waals surface area contributed by atoms with Crippen LogP contribution in [0.3, 0.4) is 0 Å². The zero-order chi connectivity index (χ0) is 20.4. The molecule has 1 saturated heterocycles. The average Bonchev–Trinajstić information content (AvgIpc) is 2.74. The second-order valence-electron chi connectivity index (χ2n) is 8.33. The van der Waals surface area contributed by atoms with Gasteiger partial charge in [-0.1, -0.05) is 48.7 Å². The van der Waals surface area contributed by atoms with Crippen molar-refractivity contribution in [1.29, 1.82) is 0 Å². The Hall–Kier alpha value is -1.75. The summed E-state index contributed by atoms with van der Waals surface area (Å²) in [5.74, 6) is 1.65. The van der Waals surface area contributed by atoms with Gasteiger partial charge in [0.25, 0.3) is 0 Å². The molecule has 4 rings (SSSR count). The molecule has 0 bridgehead atoms. The molecule has 0 unspecified atom stereocenters. The molecular weight excluding hydrogens is 386 g/mol. The van der Waals surface area contributed by atoms with E-state index in [1.807, 2.05) is 24.3 Å². The number of ether oxygens (including phenoxy) is 2. The van der Waals surface area contributed by atoms with Gasteiger partial charge in [0.15, 0.2) is 11.5 Å². The maximum absolute atomic E-state index is 11.5. The summed E-state index contributed by atoms with van der Waals surface area (Å²) in [6.07, 6.45) is 5.01. The predicted octanol–water partition coefficient (Wildman–Crippen LogP) is 5.23. The number of nitrogens with zero attached hydrogens (tertiary/aromatic N) is 1. The topological polar surface area (TPSA) is 41.9 Å². The zero-order valence-corrected chi connectivity index (χ0v) is 18.0. The summed E-state index contributed by atoms with van der Waals surface area (Å²) in [7, 11) is 3.32. The van der Waals surface area contributed by atoms with Crippen molar-refractivity contribution in [3.05, 3.63) is 58.6 Å². The first-order valence-corrected chi connectivity index (χ1v) is 10.9. The first-order valence-electron chi connectivity index (χ1n) is 10.5. The SMILES string of the molecule is COc1ccc([C@@H]2[C@@H]3CCCC[C@@]3(O)CCN2Cc2ccccc2Cl)cc1OC. The summed E-state index contributed by atoms with van der Waals surface area (Å²) in [5, 5.41) is 12.3. The standard InChI is InChI=1S/C24H30ClNO3/c1-28-21-11-10-17(15-22(21)29-2)23-19-8-5-6-12-24(19,27)13-14-26(23)16-18-7-3-4-9-20(18)25/h3-4,7,9-11,15,19,23,27H,5-6,8,12-14,16H2,1-2H3/t19-,23+,24+/m0/s1. The Morgan fingerprint density at radius 3 is 2.62 bits per heavy atom. The molecule has 2 aromatic rings. The lowest BCUT2D eigenvalue weighted by atomic mass is 9.66. The Morgan fingerprint density at radius 2 is 1.86 bits per heavy atom. The fraction of sp³-hybridized carbons (Fsp3) is 0.500. The number of benzene rings is 2. The third-order valence-corrected chi connectivity index (χ3v) is 7.12. The molecule has 5 heteroatoms. The van der Waals surface area contributed by atoms with Gasteiger partial charge in [-0.15, -0.1) is 0 Å². The normalized spacial score (nSPS) is 27.3. The highest BCUT2D eigenvalue weighted by Crippen LogP contribution is 2.50. The Balaban J connectivity index is 1.73. The minimum atomic E-state index is -0.590. The molecule has 0 amide bonds. The van der Waals surface area contributed by atoms with Crippen LogP contribution >= 0.6 is 11.6 Å². The molecule has 1 aliphatic carbocycles. The molecule has 2 fully saturated rings. The summed E-state index contributed by atoms with van der Waals surface area (Å²) in [6, 6.07) is 14.3. The Labute approximate surface area is 178 Å². The molecule has 1 saturated carbocycles. The van der Waals surface area contributed by atoms with Crippen molar-refractivity contribution < 1.29 is 14.6 Å². The largest absolute Gasteiger partial charge is 0.493 e. The van der Waals surface area contributed by atoms with E-state index in [0.717, 1.165) is 67.3 Å². The number of hydrogen-bond acceptors (Lipinski definition) is 4. The molecule has 2 aromatic carbocycles. The van der Waals surface area contributed by atoms with Gasteiger partial charge in [-0.25, -0.2) is 0 Å². The van der Waals surface area contributed by atoms with Crippen molar-refractivity contribution >= 4 is 11.6 Å². The van der Waals surface area contributed by atoms with Crippen molar-refractivity contribution in [1.82, 2.24) is 4.90 Å². The molecule has 156 valence electrons. The number of aliphatic hydroxyl groups is 1. The molecule has 29 heavy (non-hydrogen) atoms. The van der Waals surface area contributed by atoms with Crippen LogP contribution in [0.15, 0.2) is 42.5 Å². The Kier molecular flexibility index (Phi) is 6.05. The summed E-state index contributed by atoms with van der Waals surface area (Å²) in [6.45, 7) is 1.61. The van der Waals surface area contributed by atoms with Crippen molar-refractivity contribution in [3.63, 3.8) is 0 Å². The quantitative estimate of drug-likeness (QED) is 0.726. The summed E-state index contributed by atoms with van der Waals surface area (Å²) < 4.78 is 11.0. The summed E-state index contributed by atoms with van der Waals surface area (Å²) in [5.41, 5.74) is 1.70. The first-order chi connectivity index (χ1) is 14.1. The molecule has 0 radical (unpaired) electrons. The molecule has 3 atom stereocenters. The minimum Gasteiger partial charge on any atom is -0.493 e. The van der Waals surface area contributed by atoms with E-state index in [-0.39, 0.29) is 12.0 Å². The number of likely N-dealkylation sites (tertiary alicyclic amines) is 1. The number of hydrogen-bond donors (Lipinski definition) is 1. The lowest BCUT2D eigenvalue weighted by molar-refractivity contribution is -0.126. The van der Waals surface area contributed by atoms with Crippen molar-refractivity contribution in [2.45, 2.75) is 50.3 Å². The van der Waals surface area contributed by atoms with E-state index in [4.69, 9.17) is 21.1 Å². The van der Waals surface area contributed by atoms with Crippen molar-refractivity contribution in [2.24, 2.45) is 5.92 Å². The maximum Gasteiger partial charge on any atom is 0.161 e. The van der Waals surface area contributed by atoms with Gasteiger partial charge in [-0.3, -0.25) is 4.90 Å². The smallest absolute Gasteiger partial charge is 0.161 e. The highest BCUT2D eigenvalue weighted by Gasteiger charge is 2.49. The number of piperidine rings is 1. The second-order valence-corrected chi connectivity index (χ2v) is 8.73. The van der Waals surface area contributed by atoms with Crippen LogP contribution in [0, 0.1) is 5.92 Å². The second kappa shape index (κ2) is 8.55. The van der Waals surface area contributed by atoms with E-state index < -0.39 is 5.60 Å². The lowest BCUT2D eigenvalue weighted by Gasteiger charge is -2.53. The number of fused-ring (bicyclic) bond motifs is 1. The number of rotatable bonds is 5. The van der Waals surface area contributed by atoms with Crippen LogP contribution in [-0.2, 0) is 6.54 Å². The van der Waals surface area contributed by atoms with Gasteiger partial charge >= 0.3 is 0 Å². The van der Waals surface area contributed by atoms with Gasteiger partial charge in [0.1, 0.15) is 0 Å². The molecule has 1 N–H and O–H groups in total. The lowest BCUT2D eigenvalue weighted by Crippen LogP contribution is -2.54. The third kappa shape index (κ3) is 3.98. The van der Waals surface area contributed by atoms with Gasteiger partial charge in [-0.2, -0.15) is 0 Å². The molecule has 0 spiro atoms. The highest BCUT2D eigenvalue weighted by molar-refractivity contribution is 6.31. The predicted molar refractivity (Wildman–Crippen MR) is 116 cm³/mol. The molecule has 2 aliphatic rings. The Morgan fingerprint density at radius 1 is 1.07 bits per heavy atom. The van der Waals surface area contributed by atoms with E-state index in [0.29, 0.717) is 0 Å². The van der Waals surface area contributed by atoms with Crippen LogP contribution in [-0.4, -0.2) is 36.4 Å². The number of halogens is 1. The van der Waals surface area contributed by atoms with Gasteiger partial charge in [0.05, 0.1) is 19.8 Å². The maximum atomic E-state index is 11.5. The van der Waals surface area contributed by atoms with Gasteiger partial charge in [-0.05, 0) is 48.6 Å². The van der Waals surface area contributed by atoms with Crippen LogP contribution in [0.4, 0.5) is 0 Å². The van der Waals surface area contributed by atoms with Crippen molar-refractivity contribution in [3.8, 4) is 11.5 Å². The van der Waals surface area contributed by atoms with E-state index in [9.17, 15) is 5.11 Å². The van der Waals surface area contributed by atoms with Gasteiger partial charge < -0.3 is 14.6 Å². The summed E-state index contributed by atoms with van der Waals surface area (Å²) >= 11 is 6.48. The van der Waals surface area contributed by atoms with Crippen LogP contribution < -0.4 is 9.47 Å². The Bertz CT molecular complexity index is 858. The zero-order valence-electron chi connectivity index (χ0n) is 17.2. The van der Waals surface area contributed by atoms with Crippen LogP contribution in [0.2, 0.25) is 5.02 Å². The molecule has 1 aliphatic heterocycles.